The zero-order valence-corrected chi connectivity index (χ0v) is 11.7. The zero-order valence-electron chi connectivity index (χ0n) is 10.9. The summed E-state index contributed by atoms with van der Waals surface area (Å²) in [5.41, 5.74) is 1.22. The minimum atomic E-state index is 0.411. The molecule has 0 radical (unpaired) electrons. The second-order valence-corrected chi connectivity index (χ2v) is 6.19. The number of rotatable bonds is 2. The Morgan fingerprint density at radius 3 is 3.22 bits per heavy atom. The molecule has 0 aliphatic carbocycles. The third-order valence-electron chi connectivity index (χ3n) is 3.86. The Hall–Kier alpha value is -0.490. The molecular weight excluding hydrogens is 246 g/mol. The van der Waals surface area contributed by atoms with Gasteiger partial charge in [0.2, 0.25) is 0 Å². The molecule has 1 aromatic heterocycles. The molecule has 3 heterocycles. The number of aryl methyl sites for hydroxylation is 1. The molecule has 0 spiro atoms. The summed E-state index contributed by atoms with van der Waals surface area (Å²) in [4.78, 5) is 7.15. The number of thiazole rings is 1. The number of nitrogens with zero attached hydrogens (tertiary/aromatic N) is 2. The lowest BCUT2D eigenvalue weighted by Crippen LogP contribution is -2.50. The second kappa shape index (κ2) is 5.65. The van der Waals surface area contributed by atoms with E-state index in [0.29, 0.717) is 12.1 Å². The Kier molecular flexibility index (Phi) is 3.94. The molecule has 5 heteroatoms. The first-order valence-electron chi connectivity index (χ1n) is 6.80. The van der Waals surface area contributed by atoms with Gasteiger partial charge in [0.15, 0.2) is 0 Å². The maximum Gasteiger partial charge on any atom is 0.0897 e. The van der Waals surface area contributed by atoms with Crippen LogP contribution in [0.3, 0.4) is 0 Å². The Labute approximate surface area is 112 Å². The van der Waals surface area contributed by atoms with Gasteiger partial charge in [-0.3, -0.25) is 4.90 Å². The molecule has 18 heavy (non-hydrogen) atoms. The van der Waals surface area contributed by atoms with Crippen LogP contribution in [0.5, 0.6) is 0 Å². The van der Waals surface area contributed by atoms with Crippen LogP contribution in [0.15, 0.2) is 5.38 Å². The van der Waals surface area contributed by atoms with Crippen molar-refractivity contribution >= 4 is 11.3 Å². The summed E-state index contributed by atoms with van der Waals surface area (Å²) in [6, 6.07) is 0.566. The van der Waals surface area contributed by atoms with Gasteiger partial charge in [0.1, 0.15) is 0 Å². The number of ether oxygens (including phenoxy) is 1. The van der Waals surface area contributed by atoms with Crippen molar-refractivity contribution in [3.63, 3.8) is 0 Å². The van der Waals surface area contributed by atoms with Crippen LogP contribution in [-0.4, -0.2) is 48.3 Å². The number of morpholine rings is 1. The second-order valence-electron chi connectivity index (χ2n) is 5.13. The van der Waals surface area contributed by atoms with E-state index in [1.807, 2.05) is 0 Å². The van der Waals surface area contributed by atoms with E-state index in [9.17, 15) is 0 Å². The fourth-order valence-corrected chi connectivity index (χ4v) is 3.59. The number of nitrogens with one attached hydrogen (secondary N) is 1. The fraction of sp³-hybridized carbons (Fsp3) is 0.769. The van der Waals surface area contributed by atoms with E-state index in [0.717, 1.165) is 44.2 Å². The average molecular weight is 267 g/mol. The summed E-state index contributed by atoms with van der Waals surface area (Å²) in [6.07, 6.45) is 2.74. The monoisotopic (exact) mass is 267 g/mol. The van der Waals surface area contributed by atoms with Crippen molar-refractivity contribution in [2.24, 2.45) is 0 Å². The lowest BCUT2D eigenvalue weighted by molar-refractivity contribution is -0.0749. The Balaban J connectivity index is 1.69. The molecule has 2 atom stereocenters. The third-order valence-corrected chi connectivity index (χ3v) is 4.69. The van der Waals surface area contributed by atoms with Gasteiger partial charge in [-0.05, 0) is 32.9 Å². The highest BCUT2D eigenvalue weighted by molar-refractivity contribution is 7.09. The van der Waals surface area contributed by atoms with Crippen LogP contribution in [0, 0.1) is 6.92 Å². The molecule has 0 saturated carbocycles. The summed E-state index contributed by atoms with van der Waals surface area (Å²) >= 11 is 1.75. The van der Waals surface area contributed by atoms with Crippen molar-refractivity contribution in [1.29, 1.82) is 0 Å². The summed E-state index contributed by atoms with van der Waals surface area (Å²) in [7, 11) is 0. The number of hydrogen-bond donors (Lipinski definition) is 1. The first-order valence-corrected chi connectivity index (χ1v) is 7.68. The van der Waals surface area contributed by atoms with Gasteiger partial charge < -0.3 is 10.1 Å². The van der Waals surface area contributed by atoms with E-state index in [1.165, 1.54) is 12.1 Å². The van der Waals surface area contributed by atoms with Gasteiger partial charge in [0, 0.05) is 24.5 Å². The standard InChI is InChI=1S/C13H21N3OS/c1-10-15-11(9-18-10)8-16-6-7-17-13-3-5-14-4-2-12(13)16/h9,12-14H,2-8H2,1H3/t12-,13+/m1/s1. The molecule has 1 N–H and O–H groups in total. The van der Waals surface area contributed by atoms with Gasteiger partial charge in [-0.2, -0.15) is 0 Å². The lowest BCUT2D eigenvalue weighted by atomic mass is 10.0. The lowest BCUT2D eigenvalue weighted by Gasteiger charge is -2.40. The maximum atomic E-state index is 5.94. The summed E-state index contributed by atoms with van der Waals surface area (Å²) in [5.74, 6) is 0. The Morgan fingerprint density at radius 1 is 1.50 bits per heavy atom. The zero-order chi connectivity index (χ0) is 12.4. The first kappa shape index (κ1) is 12.5. The molecule has 4 nitrogen and oxygen atoms in total. The van der Waals surface area contributed by atoms with E-state index in [1.54, 1.807) is 11.3 Å². The molecule has 2 aliphatic heterocycles. The topological polar surface area (TPSA) is 37.4 Å². The van der Waals surface area contributed by atoms with Crippen molar-refractivity contribution < 1.29 is 4.74 Å². The highest BCUT2D eigenvalue weighted by Gasteiger charge is 2.33. The van der Waals surface area contributed by atoms with Gasteiger partial charge in [-0.1, -0.05) is 0 Å². The van der Waals surface area contributed by atoms with Crippen molar-refractivity contribution in [3.05, 3.63) is 16.1 Å². The van der Waals surface area contributed by atoms with E-state index in [4.69, 9.17) is 4.74 Å². The molecule has 3 rings (SSSR count). The first-order chi connectivity index (χ1) is 8.83. The van der Waals surface area contributed by atoms with Crippen molar-refractivity contribution in [3.8, 4) is 0 Å². The van der Waals surface area contributed by atoms with Gasteiger partial charge in [0.25, 0.3) is 0 Å². The molecule has 0 aromatic carbocycles. The minimum Gasteiger partial charge on any atom is -0.375 e. The van der Waals surface area contributed by atoms with Crippen LogP contribution in [0.25, 0.3) is 0 Å². The third kappa shape index (κ3) is 2.74. The van der Waals surface area contributed by atoms with Crippen LogP contribution in [0.2, 0.25) is 0 Å². The predicted octanol–water partition coefficient (Wildman–Crippen LogP) is 1.40. The van der Waals surface area contributed by atoms with Crippen LogP contribution in [0.1, 0.15) is 23.5 Å². The Bertz CT molecular complexity index is 395. The molecule has 2 saturated heterocycles. The van der Waals surface area contributed by atoms with Gasteiger partial charge in [-0.25, -0.2) is 4.98 Å². The van der Waals surface area contributed by atoms with Crippen LogP contribution < -0.4 is 5.32 Å². The molecular formula is C13H21N3OS. The maximum absolute atomic E-state index is 5.94. The van der Waals surface area contributed by atoms with Gasteiger partial charge >= 0.3 is 0 Å². The summed E-state index contributed by atoms with van der Waals surface area (Å²) in [5, 5.41) is 6.83. The highest BCUT2D eigenvalue weighted by Crippen LogP contribution is 2.23. The quantitative estimate of drug-likeness (QED) is 0.879. The average Bonchev–Trinajstić information content (AvgIpc) is 2.65. The van der Waals surface area contributed by atoms with Crippen LogP contribution >= 0.6 is 11.3 Å². The molecule has 0 bridgehead atoms. The molecule has 0 unspecified atom stereocenters. The van der Waals surface area contributed by atoms with Crippen LogP contribution in [0.4, 0.5) is 0 Å². The number of hydrogen-bond acceptors (Lipinski definition) is 5. The molecule has 2 fully saturated rings. The van der Waals surface area contributed by atoms with Crippen molar-refractivity contribution in [1.82, 2.24) is 15.2 Å². The SMILES string of the molecule is Cc1nc(CN2CCO[C@H]3CCNCC[C@H]32)cs1. The largest absolute Gasteiger partial charge is 0.375 e. The van der Waals surface area contributed by atoms with Crippen molar-refractivity contribution in [2.75, 3.05) is 26.2 Å². The smallest absolute Gasteiger partial charge is 0.0897 e. The van der Waals surface area contributed by atoms with Crippen LogP contribution in [-0.2, 0) is 11.3 Å². The minimum absolute atomic E-state index is 0.411. The molecule has 0 amide bonds. The number of aromatic nitrogens is 1. The van der Waals surface area contributed by atoms with Gasteiger partial charge in [0.05, 0.1) is 23.4 Å². The predicted molar refractivity (Wildman–Crippen MR) is 72.9 cm³/mol. The van der Waals surface area contributed by atoms with E-state index in [-0.39, 0.29) is 0 Å². The normalized spacial score (nSPS) is 29.8. The van der Waals surface area contributed by atoms with E-state index in [2.05, 4.69) is 27.5 Å². The van der Waals surface area contributed by atoms with E-state index < -0.39 is 0 Å². The van der Waals surface area contributed by atoms with E-state index >= 15 is 0 Å². The summed E-state index contributed by atoms with van der Waals surface area (Å²) in [6.45, 7) is 7.16. The Morgan fingerprint density at radius 2 is 2.39 bits per heavy atom. The molecule has 2 aliphatic rings. The summed E-state index contributed by atoms with van der Waals surface area (Å²) < 4.78 is 5.94. The molecule has 1 aromatic rings. The number of fused-ring (bicyclic) bond motifs is 1. The van der Waals surface area contributed by atoms with Crippen molar-refractivity contribution in [2.45, 2.75) is 38.5 Å². The fourth-order valence-electron chi connectivity index (χ4n) is 2.98. The van der Waals surface area contributed by atoms with Gasteiger partial charge in [-0.15, -0.1) is 11.3 Å². The molecule has 100 valence electrons. The highest BCUT2D eigenvalue weighted by atomic mass is 32.1.